The number of Topliss-reactive ketones (excluding diaryl/α,β-unsaturated/α-hetero) is 1. The van der Waals surface area contributed by atoms with Gasteiger partial charge in [0, 0.05) is 5.56 Å². The standard InChI is InChI=1S/C19H21NO5/c1-11-8-15(14(4)13(3)12(11)2)16(21)10-25-18(22)9-20-19(23)17-6-5-7-24-17/h5-8H,9-10H2,1-4H3,(H,20,23). The zero-order valence-corrected chi connectivity index (χ0v) is 14.8. The van der Waals surface area contributed by atoms with Gasteiger partial charge in [-0.25, -0.2) is 0 Å². The molecule has 0 bridgehead atoms. The Balaban J connectivity index is 1.90. The van der Waals surface area contributed by atoms with Crippen LogP contribution in [0.2, 0.25) is 0 Å². The number of carbonyl (C=O) groups excluding carboxylic acids is 3. The number of amides is 1. The molecule has 1 N–H and O–H groups in total. The average Bonchev–Trinajstić information content (AvgIpc) is 3.13. The lowest BCUT2D eigenvalue weighted by Gasteiger charge is -2.13. The Morgan fingerprint density at radius 3 is 2.44 bits per heavy atom. The van der Waals surface area contributed by atoms with Gasteiger partial charge in [-0.2, -0.15) is 0 Å². The molecule has 0 aliphatic rings. The van der Waals surface area contributed by atoms with E-state index in [0.717, 1.165) is 22.3 Å². The first-order chi connectivity index (χ1) is 11.8. The van der Waals surface area contributed by atoms with E-state index in [1.807, 2.05) is 33.8 Å². The normalized spacial score (nSPS) is 10.4. The molecule has 1 heterocycles. The molecule has 6 nitrogen and oxygen atoms in total. The van der Waals surface area contributed by atoms with Gasteiger partial charge in [-0.15, -0.1) is 0 Å². The number of carbonyl (C=O) groups is 3. The van der Waals surface area contributed by atoms with Gasteiger partial charge < -0.3 is 14.5 Å². The lowest BCUT2D eigenvalue weighted by Crippen LogP contribution is -2.31. The predicted octanol–water partition coefficient (Wildman–Crippen LogP) is 2.67. The number of furan rings is 1. The average molecular weight is 343 g/mol. The zero-order chi connectivity index (χ0) is 18.6. The quantitative estimate of drug-likeness (QED) is 0.644. The molecule has 2 rings (SSSR count). The summed E-state index contributed by atoms with van der Waals surface area (Å²) in [4.78, 5) is 35.7. The molecule has 0 aliphatic carbocycles. The second-order valence-corrected chi connectivity index (χ2v) is 5.86. The van der Waals surface area contributed by atoms with Crippen LogP contribution in [0.4, 0.5) is 0 Å². The van der Waals surface area contributed by atoms with E-state index in [4.69, 9.17) is 9.15 Å². The second-order valence-electron chi connectivity index (χ2n) is 5.86. The maximum Gasteiger partial charge on any atom is 0.325 e. The lowest BCUT2D eigenvalue weighted by atomic mass is 9.93. The third-order valence-corrected chi connectivity index (χ3v) is 4.28. The van der Waals surface area contributed by atoms with Gasteiger partial charge in [-0.1, -0.05) is 0 Å². The smallest absolute Gasteiger partial charge is 0.325 e. The van der Waals surface area contributed by atoms with E-state index in [9.17, 15) is 14.4 Å². The van der Waals surface area contributed by atoms with Crippen molar-refractivity contribution in [2.45, 2.75) is 27.7 Å². The first kappa shape index (κ1) is 18.4. The third-order valence-electron chi connectivity index (χ3n) is 4.28. The molecule has 1 aromatic carbocycles. The van der Waals surface area contributed by atoms with Crippen LogP contribution in [0.15, 0.2) is 28.9 Å². The van der Waals surface area contributed by atoms with Crippen LogP contribution in [-0.4, -0.2) is 30.8 Å². The monoisotopic (exact) mass is 343 g/mol. The number of hydrogen-bond donors (Lipinski definition) is 1. The van der Waals surface area contributed by atoms with Gasteiger partial charge in [0.05, 0.1) is 6.26 Å². The minimum atomic E-state index is -0.688. The summed E-state index contributed by atoms with van der Waals surface area (Å²) in [6, 6.07) is 4.86. The molecule has 0 unspecified atom stereocenters. The molecule has 132 valence electrons. The van der Waals surface area contributed by atoms with Crippen molar-refractivity contribution in [2.24, 2.45) is 0 Å². The lowest BCUT2D eigenvalue weighted by molar-refractivity contribution is -0.141. The van der Waals surface area contributed by atoms with Crippen molar-refractivity contribution in [1.82, 2.24) is 5.32 Å². The molecule has 6 heteroatoms. The summed E-state index contributed by atoms with van der Waals surface area (Å²) in [5.74, 6) is -1.38. The van der Waals surface area contributed by atoms with E-state index in [1.165, 1.54) is 12.3 Å². The molecule has 0 aliphatic heterocycles. The van der Waals surface area contributed by atoms with Gasteiger partial charge in [0.15, 0.2) is 12.4 Å². The van der Waals surface area contributed by atoms with Gasteiger partial charge in [0.2, 0.25) is 5.78 Å². The molecule has 0 fully saturated rings. The van der Waals surface area contributed by atoms with Crippen LogP contribution in [0, 0.1) is 27.7 Å². The topological polar surface area (TPSA) is 85.6 Å². The molecular formula is C19H21NO5. The minimum absolute atomic E-state index is 0.102. The van der Waals surface area contributed by atoms with Crippen LogP contribution in [0.1, 0.15) is 43.2 Å². The summed E-state index contributed by atoms with van der Waals surface area (Å²) < 4.78 is 9.87. The van der Waals surface area contributed by atoms with Crippen molar-refractivity contribution in [2.75, 3.05) is 13.2 Å². The van der Waals surface area contributed by atoms with Crippen LogP contribution in [-0.2, 0) is 9.53 Å². The third kappa shape index (κ3) is 4.35. The van der Waals surface area contributed by atoms with Gasteiger partial charge in [-0.05, 0) is 68.1 Å². The van der Waals surface area contributed by atoms with Crippen molar-refractivity contribution < 1.29 is 23.5 Å². The van der Waals surface area contributed by atoms with Crippen molar-refractivity contribution in [1.29, 1.82) is 0 Å². The van der Waals surface area contributed by atoms with Crippen molar-refractivity contribution in [3.8, 4) is 0 Å². The molecule has 1 aromatic heterocycles. The summed E-state index contributed by atoms with van der Waals surface area (Å²) in [7, 11) is 0. The molecule has 0 spiro atoms. The predicted molar refractivity (Wildman–Crippen MR) is 91.7 cm³/mol. The Morgan fingerprint density at radius 2 is 1.80 bits per heavy atom. The SMILES string of the molecule is Cc1cc(C(=O)COC(=O)CNC(=O)c2ccco2)c(C)c(C)c1C. The fourth-order valence-corrected chi connectivity index (χ4v) is 2.42. The number of rotatable bonds is 6. The van der Waals surface area contributed by atoms with Crippen LogP contribution in [0.3, 0.4) is 0 Å². The fourth-order valence-electron chi connectivity index (χ4n) is 2.42. The van der Waals surface area contributed by atoms with Gasteiger partial charge >= 0.3 is 5.97 Å². The van der Waals surface area contributed by atoms with E-state index >= 15 is 0 Å². The maximum absolute atomic E-state index is 12.3. The number of benzene rings is 1. The fraction of sp³-hybridized carbons (Fsp3) is 0.316. The Bertz CT molecular complexity index is 806. The highest BCUT2D eigenvalue weighted by atomic mass is 16.5. The number of hydrogen-bond acceptors (Lipinski definition) is 5. The number of ketones is 1. The van der Waals surface area contributed by atoms with E-state index in [1.54, 1.807) is 6.07 Å². The summed E-state index contributed by atoms with van der Waals surface area (Å²) in [6.07, 6.45) is 1.36. The molecule has 1 amide bonds. The van der Waals surface area contributed by atoms with Crippen LogP contribution in [0.5, 0.6) is 0 Å². The van der Waals surface area contributed by atoms with E-state index < -0.39 is 11.9 Å². The number of aryl methyl sites for hydroxylation is 1. The van der Waals surface area contributed by atoms with E-state index in [0.29, 0.717) is 5.56 Å². The molecule has 0 radical (unpaired) electrons. The van der Waals surface area contributed by atoms with E-state index in [-0.39, 0.29) is 24.7 Å². The van der Waals surface area contributed by atoms with Gasteiger partial charge in [0.25, 0.3) is 5.91 Å². The summed E-state index contributed by atoms with van der Waals surface area (Å²) >= 11 is 0. The second kappa shape index (κ2) is 7.79. The first-order valence-corrected chi connectivity index (χ1v) is 7.89. The highest BCUT2D eigenvalue weighted by Crippen LogP contribution is 2.21. The largest absolute Gasteiger partial charge is 0.459 e. The van der Waals surface area contributed by atoms with Crippen LogP contribution < -0.4 is 5.32 Å². The van der Waals surface area contributed by atoms with Crippen molar-refractivity contribution in [3.63, 3.8) is 0 Å². The van der Waals surface area contributed by atoms with Crippen molar-refractivity contribution >= 4 is 17.7 Å². The Kier molecular flexibility index (Phi) is 5.75. The Morgan fingerprint density at radius 1 is 1.08 bits per heavy atom. The molecule has 0 saturated carbocycles. The molecule has 25 heavy (non-hydrogen) atoms. The first-order valence-electron chi connectivity index (χ1n) is 7.89. The van der Waals surface area contributed by atoms with Crippen LogP contribution >= 0.6 is 0 Å². The van der Waals surface area contributed by atoms with Gasteiger partial charge in [-0.3, -0.25) is 14.4 Å². The number of esters is 1. The zero-order valence-electron chi connectivity index (χ0n) is 14.8. The van der Waals surface area contributed by atoms with E-state index in [2.05, 4.69) is 5.32 Å². The summed E-state index contributed by atoms with van der Waals surface area (Å²) in [5.41, 5.74) is 4.65. The Hall–Kier alpha value is -2.89. The highest BCUT2D eigenvalue weighted by Gasteiger charge is 2.16. The summed E-state index contributed by atoms with van der Waals surface area (Å²) in [6.45, 7) is 7.09. The van der Waals surface area contributed by atoms with Crippen molar-refractivity contribution in [3.05, 3.63) is 58.0 Å². The molecular weight excluding hydrogens is 322 g/mol. The maximum atomic E-state index is 12.3. The molecule has 0 atom stereocenters. The van der Waals surface area contributed by atoms with Gasteiger partial charge in [0.1, 0.15) is 6.54 Å². The molecule has 0 saturated heterocycles. The number of ether oxygens (including phenoxy) is 1. The minimum Gasteiger partial charge on any atom is -0.459 e. The number of nitrogens with one attached hydrogen (secondary N) is 1. The Labute approximate surface area is 146 Å². The molecule has 2 aromatic rings. The highest BCUT2D eigenvalue weighted by molar-refractivity contribution is 6.00. The van der Waals surface area contributed by atoms with Crippen LogP contribution in [0.25, 0.3) is 0 Å². The summed E-state index contributed by atoms with van der Waals surface area (Å²) in [5, 5.41) is 2.37.